The van der Waals surface area contributed by atoms with Crippen LogP contribution < -0.4 is 16.2 Å². The van der Waals surface area contributed by atoms with Crippen LogP contribution in [0.3, 0.4) is 0 Å². The van der Waals surface area contributed by atoms with Gasteiger partial charge in [-0.15, -0.1) is 0 Å². The third kappa shape index (κ3) is 2.75. The van der Waals surface area contributed by atoms with E-state index in [0.29, 0.717) is 11.0 Å². The fourth-order valence-electron chi connectivity index (χ4n) is 2.24. The van der Waals surface area contributed by atoms with Crippen LogP contribution in [0.5, 0.6) is 0 Å². The number of imidazole rings is 1. The molecule has 7 heteroatoms. The van der Waals surface area contributed by atoms with Gasteiger partial charge < -0.3 is 25.9 Å². The van der Waals surface area contributed by atoms with Crippen LogP contribution in [0.1, 0.15) is 17.2 Å². The summed E-state index contributed by atoms with van der Waals surface area (Å²) in [4.78, 5) is 17.4. The lowest BCUT2D eigenvalue weighted by Gasteiger charge is -2.12. The SMILES string of the molecule is NC(c1ccc(F)cc1)c1ccc2nc(NC(=O)[O-])[nH]c2c1. The normalized spacial score (nSPS) is 12.3. The predicted octanol–water partition coefficient (Wildman–Crippen LogP) is 1.51. The molecule has 1 heterocycles. The van der Waals surface area contributed by atoms with E-state index in [1.807, 2.05) is 5.32 Å². The van der Waals surface area contributed by atoms with E-state index in [0.717, 1.165) is 11.1 Å². The first kappa shape index (κ1) is 14.0. The van der Waals surface area contributed by atoms with E-state index in [1.165, 1.54) is 12.1 Å². The second-order valence-electron chi connectivity index (χ2n) is 4.80. The molecule has 0 spiro atoms. The monoisotopic (exact) mass is 299 g/mol. The third-order valence-corrected chi connectivity index (χ3v) is 3.31. The Labute approximate surface area is 124 Å². The van der Waals surface area contributed by atoms with Crippen molar-refractivity contribution in [2.45, 2.75) is 6.04 Å². The molecule has 0 aliphatic heterocycles. The number of fused-ring (bicyclic) bond motifs is 1. The number of carboxylic acid groups (broad SMARTS) is 1. The number of H-pyrrole nitrogens is 1. The molecular formula is C15H12FN4O2-. The van der Waals surface area contributed by atoms with Crippen molar-refractivity contribution in [2.75, 3.05) is 5.32 Å². The van der Waals surface area contributed by atoms with Crippen molar-refractivity contribution in [1.82, 2.24) is 9.97 Å². The van der Waals surface area contributed by atoms with E-state index >= 15 is 0 Å². The number of halogens is 1. The Kier molecular flexibility index (Phi) is 3.48. The minimum atomic E-state index is -1.44. The molecule has 4 N–H and O–H groups in total. The summed E-state index contributed by atoms with van der Waals surface area (Å²) in [6.07, 6.45) is -1.44. The number of carbonyl (C=O) groups excluding carboxylic acids is 1. The lowest BCUT2D eigenvalue weighted by molar-refractivity contribution is -0.242. The van der Waals surface area contributed by atoms with Crippen LogP contribution in [-0.2, 0) is 0 Å². The van der Waals surface area contributed by atoms with E-state index in [-0.39, 0.29) is 11.8 Å². The van der Waals surface area contributed by atoms with Gasteiger partial charge in [-0.1, -0.05) is 18.2 Å². The Morgan fingerprint density at radius 1 is 1.23 bits per heavy atom. The highest BCUT2D eigenvalue weighted by Gasteiger charge is 2.11. The summed E-state index contributed by atoms with van der Waals surface area (Å²) in [5, 5.41) is 12.5. The summed E-state index contributed by atoms with van der Waals surface area (Å²) in [5.74, 6) is -0.236. The van der Waals surface area contributed by atoms with Crippen molar-refractivity contribution >= 4 is 23.1 Å². The number of hydrogen-bond acceptors (Lipinski definition) is 4. The van der Waals surface area contributed by atoms with Gasteiger partial charge >= 0.3 is 0 Å². The van der Waals surface area contributed by atoms with Crippen molar-refractivity contribution in [1.29, 1.82) is 0 Å². The number of anilines is 1. The van der Waals surface area contributed by atoms with E-state index in [2.05, 4.69) is 9.97 Å². The highest BCUT2D eigenvalue weighted by atomic mass is 19.1. The zero-order chi connectivity index (χ0) is 15.7. The van der Waals surface area contributed by atoms with Crippen LogP contribution >= 0.6 is 0 Å². The molecule has 3 aromatic rings. The maximum Gasteiger partial charge on any atom is 0.206 e. The molecule has 6 nitrogen and oxygen atoms in total. The number of rotatable bonds is 3. The highest BCUT2D eigenvalue weighted by Crippen LogP contribution is 2.24. The van der Waals surface area contributed by atoms with Crippen molar-refractivity contribution in [3.63, 3.8) is 0 Å². The van der Waals surface area contributed by atoms with Crippen molar-refractivity contribution in [2.24, 2.45) is 5.73 Å². The lowest BCUT2D eigenvalue weighted by atomic mass is 9.99. The van der Waals surface area contributed by atoms with Crippen molar-refractivity contribution in [3.05, 3.63) is 59.4 Å². The molecule has 22 heavy (non-hydrogen) atoms. The number of nitrogens with zero attached hydrogens (tertiary/aromatic N) is 1. The topological polar surface area (TPSA) is 107 Å². The zero-order valence-electron chi connectivity index (χ0n) is 11.3. The molecule has 1 atom stereocenters. The Hall–Kier alpha value is -2.93. The summed E-state index contributed by atoms with van der Waals surface area (Å²) in [5.41, 5.74) is 8.97. The predicted molar refractivity (Wildman–Crippen MR) is 77.5 cm³/mol. The highest BCUT2D eigenvalue weighted by molar-refractivity contribution is 5.84. The molecular weight excluding hydrogens is 287 g/mol. The van der Waals surface area contributed by atoms with E-state index in [9.17, 15) is 14.3 Å². The maximum absolute atomic E-state index is 13.0. The molecule has 0 saturated carbocycles. The fraction of sp³-hybridized carbons (Fsp3) is 0.0667. The molecule has 1 amide bonds. The van der Waals surface area contributed by atoms with Gasteiger partial charge in [0.2, 0.25) is 5.95 Å². The number of aromatic nitrogens is 2. The van der Waals surface area contributed by atoms with Crippen molar-refractivity contribution < 1.29 is 14.3 Å². The number of aromatic amines is 1. The Morgan fingerprint density at radius 3 is 2.59 bits per heavy atom. The summed E-state index contributed by atoms with van der Waals surface area (Å²) >= 11 is 0. The van der Waals surface area contributed by atoms with Crippen LogP contribution in [0.25, 0.3) is 11.0 Å². The van der Waals surface area contributed by atoms with Gasteiger partial charge in [0.05, 0.1) is 17.1 Å². The minimum absolute atomic E-state index is 0.0857. The Balaban J connectivity index is 1.93. The third-order valence-electron chi connectivity index (χ3n) is 3.31. The zero-order valence-corrected chi connectivity index (χ0v) is 11.3. The minimum Gasteiger partial charge on any atom is -0.530 e. The molecule has 0 radical (unpaired) electrons. The number of nitrogens with one attached hydrogen (secondary N) is 2. The smallest absolute Gasteiger partial charge is 0.206 e. The van der Waals surface area contributed by atoms with E-state index in [1.54, 1.807) is 30.3 Å². The lowest BCUT2D eigenvalue weighted by Crippen LogP contribution is -2.29. The molecule has 1 unspecified atom stereocenters. The molecule has 0 fully saturated rings. The summed E-state index contributed by atoms with van der Waals surface area (Å²) in [6, 6.07) is 10.8. The average molecular weight is 299 g/mol. The van der Waals surface area contributed by atoms with Gasteiger partial charge in [0.15, 0.2) is 0 Å². The number of carbonyl (C=O) groups is 1. The average Bonchev–Trinajstić information content (AvgIpc) is 2.87. The van der Waals surface area contributed by atoms with Crippen LogP contribution in [0.15, 0.2) is 42.5 Å². The molecule has 0 aliphatic rings. The molecule has 0 bridgehead atoms. The quantitative estimate of drug-likeness (QED) is 0.681. The fourth-order valence-corrected chi connectivity index (χ4v) is 2.24. The van der Waals surface area contributed by atoms with Gasteiger partial charge in [0.1, 0.15) is 11.9 Å². The van der Waals surface area contributed by atoms with E-state index < -0.39 is 12.1 Å². The first-order valence-electron chi connectivity index (χ1n) is 6.51. The summed E-state index contributed by atoms with van der Waals surface area (Å²) in [7, 11) is 0. The largest absolute Gasteiger partial charge is 0.530 e. The van der Waals surface area contributed by atoms with Gasteiger partial charge in [-0.2, -0.15) is 0 Å². The van der Waals surface area contributed by atoms with Gasteiger partial charge in [-0.05, 0) is 35.4 Å². The number of benzene rings is 2. The second kappa shape index (κ2) is 5.45. The first-order chi connectivity index (χ1) is 10.5. The van der Waals surface area contributed by atoms with Gasteiger partial charge in [0, 0.05) is 0 Å². The summed E-state index contributed by atoms with van der Waals surface area (Å²) in [6.45, 7) is 0. The van der Waals surface area contributed by atoms with Gasteiger partial charge in [0.25, 0.3) is 0 Å². The van der Waals surface area contributed by atoms with Crippen LogP contribution in [-0.4, -0.2) is 16.1 Å². The van der Waals surface area contributed by atoms with Gasteiger partial charge in [-0.3, -0.25) is 0 Å². The molecule has 2 aromatic carbocycles. The summed E-state index contributed by atoms with van der Waals surface area (Å²) < 4.78 is 13.0. The Bertz CT molecular complexity index is 829. The molecule has 1 aromatic heterocycles. The number of hydrogen-bond donors (Lipinski definition) is 3. The molecule has 3 rings (SSSR count). The standard InChI is InChI=1S/C15H13FN4O2/c16-10-4-1-8(2-5-10)13(17)9-3-6-11-12(7-9)19-14(18-11)20-15(21)22/h1-7,13H,17H2,(H,21,22)(H2,18,19,20)/p-1. The van der Waals surface area contributed by atoms with Crippen LogP contribution in [0.2, 0.25) is 0 Å². The number of nitrogens with two attached hydrogens (primary N) is 1. The number of amides is 1. The first-order valence-corrected chi connectivity index (χ1v) is 6.51. The van der Waals surface area contributed by atoms with Gasteiger partial charge in [-0.25, -0.2) is 9.37 Å². The van der Waals surface area contributed by atoms with Crippen LogP contribution in [0, 0.1) is 5.82 Å². The molecule has 0 saturated heterocycles. The maximum atomic E-state index is 13.0. The van der Waals surface area contributed by atoms with Crippen LogP contribution in [0.4, 0.5) is 15.1 Å². The molecule has 112 valence electrons. The Morgan fingerprint density at radius 2 is 1.91 bits per heavy atom. The van der Waals surface area contributed by atoms with Crippen molar-refractivity contribution in [3.8, 4) is 0 Å². The molecule has 0 aliphatic carbocycles. The second-order valence-corrected chi connectivity index (χ2v) is 4.80. The van der Waals surface area contributed by atoms with E-state index in [4.69, 9.17) is 5.73 Å².